The number of nitrogens with zero attached hydrogens (tertiary/aromatic N) is 2. The van der Waals surface area contributed by atoms with Gasteiger partial charge in [0.15, 0.2) is 0 Å². The minimum Gasteiger partial charge on any atom is -0.327 e. The van der Waals surface area contributed by atoms with E-state index in [4.69, 9.17) is 17.3 Å². The van der Waals surface area contributed by atoms with Crippen molar-refractivity contribution in [3.63, 3.8) is 0 Å². The number of halogens is 2. The number of hydrogen-bond acceptors (Lipinski definition) is 3. The van der Waals surface area contributed by atoms with E-state index in [1.54, 1.807) is 12.1 Å². The molecule has 1 heterocycles. The van der Waals surface area contributed by atoms with Crippen LogP contribution >= 0.6 is 11.6 Å². The summed E-state index contributed by atoms with van der Waals surface area (Å²) < 4.78 is 13.8. The first-order valence-corrected chi connectivity index (χ1v) is 7.42. The van der Waals surface area contributed by atoms with Crippen LogP contribution in [-0.2, 0) is 6.42 Å². The Hall–Kier alpha value is -0.680. The molecule has 5 heteroatoms. The molecular weight excluding hydrogens is 277 g/mol. The fourth-order valence-electron chi connectivity index (χ4n) is 2.76. The SMILES string of the molecule is CN1CCN(C)C(CC(N)Cc2ccc(Cl)cc2F)C1. The van der Waals surface area contributed by atoms with Gasteiger partial charge < -0.3 is 15.5 Å². The third kappa shape index (κ3) is 4.16. The van der Waals surface area contributed by atoms with Crippen molar-refractivity contribution >= 4 is 11.6 Å². The van der Waals surface area contributed by atoms with Gasteiger partial charge in [0.25, 0.3) is 0 Å². The number of piperazine rings is 1. The van der Waals surface area contributed by atoms with E-state index in [0.29, 0.717) is 23.0 Å². The van der Waals surface area contributed by atoms with Crippen LogP contribution in [0.2, 0.25) is 5.02 Å². The molecule has 0 aromatic heterocycles. The van der Waals surface area contributed by atoms with Gasteiger partial charge >= 0.3 is 0 Å². The molecule has 1 saturated heterocycles. The Morgan fingerprint density at radius 2 is 2.15 bits per heavy atom. The number of likely N-dealkylation sites (N-methyl/N-ethyl adjacent to an activating group) is 2. The third-order valence-corrected chi connectivity index (χ3v) is 4.29. The second-order valence-corrected chi connectivity index (χ2v) is 6.27. The molecule has 3 nitrogen and oxygen atoms in total. The van der Waals surface area contributed by atoms with Gasteiger partial charge in [-0.3, -0.25) is 0 Å². The van der Waals surface area contributed by atoms with Crippen molar-refractivity contribution in [3.05, 3.63) is 34.6 Å². The minimum absolute atomic E-state index is 0.0374. The van der Waals surface area contributed by atoms with E-state index in [0.717, 1.165) is 26.1 Å². The molecule has 2 unspecified atom stereocenters. The molecule has 1 aliphatic rings. The summed E-state index contributed by atoms with van der Waals surface area (Å²) in [4.78, 5) is 4.67. The monoisotopic (exact) mass is 299 g/mol. The Labute approximate surface area is 125 Å². The van der Waals surface area contributed by atoms with Crippen LogP contribution < -0.4 is 5.73 Å². The van der Waals surface area contributed by atoms with E-state index < -0.39 is 0 Å². The highest BCUT2D eigenvalue weighted by Crippen LogP contribution is 2.18. The molecule has 2 atom stereocenters. The normalized spacial score (nSPS) is 22.9. The summed E-state index contributed by atoms with van der Waals surface area (Å²) in [6.45, 7) is 3.17. The van der Waals surface area contributed by atoms with Gasteiger partial charge in [-0.05, 0) is 44.6 Å². The highest BCUT2D eigenvalue weighted by Gasteiger charge is 2.24. The summed E-state index contributed by atoms with van der Waals surface area (Å²) in [5.74, 6) is -0.262. The Kier molecular flexibility index (Phi) is 5.38. The average molecular weight is 300 g/mol. The van der Waals surface area contributed by atoms with E-state index in [1.165, 1.54) is 6.07 Å². The minimum atomic E-state index is -0.262. The Bertz CT molecular complexity index is 455. The number of rotatable bonds is 4. The fourth-order valence-corrected chi connectivity index (χ4v) is 2.92. The average Bonchev–Trinajstić information content (AvgIpc) is 2.37. The van der Waals surface area contributed by atoms with E-state index in [-0.39, 0.29) is 11.9 Å². The van der Waals surface area contributed by atoms with E-state index in [9.17, 15) is 4.39 Å². The van der Waals surface area contributed by atoms with E-state index >= 15 is 0 Å². The largest absolute Gasteiger partial charge is 0.327 e. The van der Waals surface area contributed by atoms with E-state index in [1.807, 2.05) is 0 Å². The second-order valence-electron chi connectivity index (χ2n) is 5.83. The molecule has 112 valence electrons. The molecule has 0 bridgehead atoms. The first kappa shape index (κ1) is 15.7. The molecule has 1 aromatic rings. The quantitative estimate of drug-likeness (QED) is 0.923. The molecule has 1 aromatic carbocycles. The van der Waals surface area contributed by atoms with Crippen LogP contribution in [0, 0.1) is 5.82 Å². The first-order valence-electron chi connectivity index (χ1n) is 7.04. The van der Waals surface area contributed by atoms with Gasteiger partial charge in [0.1, 0.15) is 5.82 Å². The summed E-state index contributed by atoms with van der Waals surface area (Å²) in [5.41, 5.74) is 6.85. The summed E-state index contributed by atoms with van der Waals surface area (Å²) in [6, 6.07) is 5.20. The highest BCUT2D eigenvalue weighted by atomic mass is 35.5. The van der Waals surface area contributed by atoms with Crippen LogP contribution in [0.1, 0.15) is 12.0 Å². The van der Waals surface area contributed by atoms with Crippen LogP contribution in [0.3, 0.4) is 0 Å². The number of hydrogen-bond donors (Lipinski definition) is 1. The number of benzene rings is 1. The highest BCUT2D eigenvalue weighted by molar-refractivity contribution is 6.30. The van der Waals surface area contributed by atoms with Crippen molar-refractivity contribution in [1.29, 1.82) is 0 Å². The van der Waals surface area contributed by atoms with Crippen LogP contribution in [0.5, 0.6) is 0 Å². The van der Waals surface area contributed by atoms with Crippen LogP contribution in [-0.4, -0.2) is 55.6 Å². The van der Waals surface area contributed by atoms with Gasteiger partial charge in [-0.15, -0.1) is 0 Å². The molecule has 0 radical (unpaired) electrons. The Morgan fingerprint density at radius 1 is 1.40 bits per heavy atom. The van der Waals surface area contributed by atoms with Crippen molar-refractivity contribution in [2.24, 2.45) is 5.73 Å². The lowest BCUT2D eigenvalue weighted by molar-refractivity contribution is 0.104. The van der Waals surface area contributed by atoms with Crippen molar-refractivity contribution in [1.82, 2.24) is 9.80 Å². The van der Waals surface area contributed by atoms with Crippen molar-refractivity contribution in [2.45, 2.75) is 24.9 Å². The van der Waals surface area contributed by atoms with Crippen molar-refractivity contribution < 1.29 is 4.39 Å². The molecule has 20 heavy (non-hydrogen) atoms. The maximum Gasteiger partial charge on any atom is 0.127 e. The smallest absolute Gasteiger partial charge is 0.127 e. The maximum atomic E-state index is 13.8. The fraction of sp³-hybridized carbons (Fsp3) is 0.600. The number of nitrogens with two attached hydrogens (primary N) is 1. The summed E-state index contributed by atoms with van der Waals surface area (Å²) in [7, 11) is 4.26. The zero-order valence-corrected chi connectivity index (χ0v) is 12.9. The zero-order valence-electron chi connectivity index (χ0n) is 12.1. The molecule has 1 aliphatic heterocycles. The summed E-state index contributed by atoms with van der Waals surface area (Å²) in [6.07, 6.45) is 1.43. The molecule has 0 aliphatic carbocycles. The molecular formula is C15H23ClFN3. The first-order chi connectivity index (χ1) is 9.45. The second kappa shape index (κ2) is 6.85. The van der Waals surface area contributed by atoms with Crippen LogP contribution in [0.25, 0.3) is 0 Å². The lowest BCUT2D eigenvalue weighted by Gasteiger charge is -2.38. The van der Waals surface area contributed by atoms with Gasteiger partial charge in [0.05, 0.1) is 0 Å². The molecule has 1 fully saturated rings. The molecule has 0 saturated carbocycles. The molecule has 0 amide bonds. The standard InChI is InChI=1S/C15H23ClFN3/c1-19-5-6-20(2)14(10-19)9-13(18)7-11-3-4-12(16)8-15(11)17/h3-4,8,13-14H,5-7,9-10,18H2,1-2H3. The maximum absolute atomic E-state index is 13.8. The third-order valence-electron chi connectivity index (χ3n) is 4.05. The lowest BCUT2D eigenvalue weighted by atomic mass is 9.98. The Balaban J connectivity index is 1.93. The van der Waals surface area contributed by atoms with Crippen LogP contribution in [0.4, 0.5) is 4.39 Å². The summed E-state index contributed by atoms with van der Waals surface area (Å²) >= 11 is 5.76. The van der Waals surface area contributed by atoms with Crippen molar-refractivity contribution in [2.75, 3.05) is 33.7 Å². The zero-order chi connectivity index (χ0) is 14.7. The molecule has 2 N–H and O–H groups in total. The van der Waals surface area contributed by atoms with E-state index in [2.05, 4.69) is 23.9 Å². The Morgan fingerprint density at radius 3 is 2.85 bits per heavy atom. The summed E-state index contributed by atoms with van der Waals surface area (Å²) in [5, 5.41) is 0.425. The van der Waals surface area contributed by atoms with Gasteiger partial charge in [-0.25, -0.2) is 4.39 Å². The van der Waals surface area contributed by atoms with Gasteiger partial charge in [-0.1, -0.05) is 17.7 Å². The topological polar surface area (TPSA) is 32.5 Å². The predicted molar refractivity (Wildman–Crippen MR) is 81.6 cm³/mol. The van der Waals surface area contributed by atoms with Gasteiger partial charge in [-0.2, -0.15) is 0 Å². The lowest BCUT2D eigenvalue weighted by Crippen LogP contribution is -2.51. The van der Waals surface area contributed by atoms with Crippen molar-refractivity contribution in [3.8, 4) is 0 Å². The molecule has 2 rings (SSSR count). The molecule has 0 spiro atoms. The predicted octanol–water partition coefficient (Wildman–Crippen LogP) is 1.98. The van der Waals surface area contributed by atoms with Gasteiger partial charge in [0, 0.05) is 36.7 Å². The van der Waals surface area contributed by atoms with Crippen LogP contribution in [0.15, 0.2) is 18.2 Å². The van der Waals surface area contributed by atoms with Gasteiger partial charge in [0.2, 0.25) is 0 Å².